The molecule has 1 fully saturated rings. The van der Waals surface area contributed by atoms with Gasteiger partial charge in [-0.15, -0.1) is 0 Å². The molecule has 0 spiro atoms. The van der Waals surface area contributed by atoms with E-state index in [1.807, 2.05) is 12.1 Å². The quantitative estimate of drug-likeness (QED) is 0.845. The zero-order valence-corrected chi connectivity index (χ0v) is 9.85. The van der Waals surface area contributed by atoms with Crippen LogP contribution in [-0.4, -0.2) is 22.8 Å². The summed E-state index contributed by atoms with van der Waals surface area (Å²) < 4.78 is 0. The van der Waals surface area contributed by atoms with Crippen LogP contribution < -0.4 is 0 Å². The second-order valence-electron chi connectivity index (χ2n) is 4.85. The van der Waals surface area contributed by atoms with Gasteiger partial charge in [0.1, 0.15) is 0 Å². The van der Waals surface area contributed by atoms with Crippen LogP contribution >= 0.6 is 0 Å². The van der Waals surface area contributed by atoms with E-state index >= 15 is 0 Å². The van der Waals surface area contributed by atoms with E-state index in [0.717, 1.165) is 31.2 Å². The Bertz CT molecular complexity index is 406. The van der Waals surface area contributed by atoms with E-state index in [1.165, 1.54) is 6.42 Å². The number of aliphatic hydroxyl groups is 1. The normalized spacial score (nSPS) is 18.9. The van der Waals surface area contributed by atoms with Gasteiger partial charge in [0.05, 0.1) is 12.2 Å². The molecule has 0 saturated heterocycles. The highest BCUT2D eigenvalue weighted by Gasteiger charge is 2.35. The van der Waals surface area contributed by atoms with Crippen molar-refractivity contribution in [2.45, 2.75) is 37.5 Å². The smallest absolute Gasteiger partial charge is 0.335 e. The van der Waals surface area contributed by atoms with Crippen molar-refractivity contribution in [2.24, 2.45) is 0 Å². The first kappa shape index (κ1) is 12.1. The number of aliphatic hydroxyl groups excluding tert-OH is 1. The molecule has 0 amide bonds. The van der Waals surface area contributed by atoms with Crippen LogP contribution in [0.1, 0.15) is 48.0 Å². The largest absolute Gasteiger partial charge is 0.478 e. The van der Waals surface area contributed by atoms with Gasteiger partial charge in [0.2, 0.25) is 0 Å². The lowest BCUT2D eigenvalue weighted by atomic mass is 9.68. The van der Waals surface area contributed by atoms with E-state index in [2.05, 4.69) is 0 Å². The summed E-state index contributed by atoms with van der Waals surface area (Å²) >= 11 is 0. The summed E-state index contributed by atoms with van der Waals surface area (Å²) in [6.07, 6.45) is 5.07. The number of hydrogen-bond acceptors (Lipinski definition) is 2. The summed E-state index contributed by atoms with van der Waals surface area (Å²) in [5.41, 5.74) is 0.797. The van der Waals surface area contributed by atoms with Gasteiger partial charge in [0.15, 0.2) is 0 Å². The average molecular weight is 234 g/mol. The maximum absolute atomic E-state index is 11.2. The van der Waals surface area contributed by atoms with Crippen LogP contribution in [0.3, 0.4) is 0 Å². The van der Waals surface area contributed by atoms with E-state index in [0.29, 0.717) is 5.56 Å². The van der Waals surface area contributed by atoms with Crippen LogP contribution in [0, 0.1) is 0 Å². The number of hydrogen-bond donors (Lipinski definition) is 2. The third-order valence-corrected chi connectivity index (χ3v) is 3.84. The third kappa shape index (κ3) is 2.20. The van der Waals surface area contributed by atoms with Gasteiger partial charge >= 0.3 is 5.97 Å². The molecular formula is C14H18O3. The summed E-state index contributed by atoms with van der Waals surface area (Å²) in [5, 5.41) is 18.9. The van der Waals surface area contributed by atoms with Gasteiger partial charge in [-0.1, -0.05) is 37.5 Å². The summed E-state index contributed by atoms with van der Waals surface area (Å²) in [5.74, 6) is -0.904. The molecule has 0 heterocycles. The fourth-order valence-corrected chi connectivity index (χ4v) is 2.87. The van der Waals surface area contributed by atoms with Crippen LogP contribution in [-0.2, 0) is 5.41 Å². The zero-order chi connectivity index (χ0) is 12.3. The van der Waals surface area contributed by atoms with Gasteiger partial charge in [-0.2, -0.15) is 0 Å². The molecule has 17 heavy (non-hydrogen) atoms. The summed E-state index contributed by atoms with van der Waals surface area (Å²) in [6.45, 7) is 0.0390. The van der Waals surface area contributed by atoms with Crippen molar-refractivity contribution < 1.29 is 15.0 Å². The first-order valence-electron chi connectivity index (χ1n) is 6.13. The molecule has 0 aliphatic heterocycles. The Hall–Kier alpha value is -1.35. The monoisotopic (exact) mass is 234 g/mol. The first-order valence-corrected chi connectivity index (χ1v) is 6.13. The van der Waals surface area contributed by atoms with Crippen molar-refractivity contribution in [3.8, 4) is 0 Å². The molecule has 3 nitrogen and oxygen atoms in total. The SMILES string of the molecule is O=C(O)c1ccccc1C1(CO)CCCCC1. The Balaban J connectivity index is 2.46. The van der Waals surface area contributed by atoms with Crippen molar-refractivity contribution in [2.75, 3.05) is 6.61 Å². The number of carboxylic acid groups (broad SMARTS) is 1. The number of aromatic carboxylic acids is 1. The minimum atomic E-state index is -0.904. The average Bonchev–Trinajstić information content (AvgIpc) is 2.39. The summed E-state index contributed by atoms with van der Waals surface area (Å²) in [4.78, 5) is 11.2. The molecule has 0 atom stereocenters. The van der Waals surface area contributed by atoms with Crippen LogP contribution in [0.15, 0.2) is 24.3 Å². The molecule has 0 aromatic heterocycles. The highest BCUT2D eigenvalue weighted by atomic mass is 16.4. The summed E-state index contributed by atoms with van der Waals surface area (Å²) in [6, 6.07) is 7.07. The molecule has 0 unspecified atom stereocenters. The number of benzene rings is 1. The molecule has 0 bridgehead atoms. The highest BCUT2D eigenvalue weighted by Crippen LogP contribution is 2.40. The van der Waals surface area contributed by atoms with Gasteiger partial charge in [-0.3, -0.25) is 0 Å². The number of carbonyl (C=O) groups is 1. The van der Waals surface area contributed by atoms with Gasteiger partial charge < -0.3 is 10.2 Å². The molecule has 1 aromatic rings. The van der Waals surface area contributed by atoms with Gasteiger partial charge in [0.25, 0.3) is 0 Å². The maximum Gasteiger partial charge on any atom is 0.335 e. The molecule has 1 aliphatic carbocycles. The predicted octanol–water partition coefficient (Wildman–Crippen LogP) is 2.58. The molecule has 1 aromatic carbocycles. The fraction of sp³-hybridized carbons (Fsp3) is 0.500. The molecule has 0 radical (unpaired) electrons. The van der Waals surface area contributed by atoms with E-state index in [-0.39, 0.29) is 12.0 Å². The van der Waals surface area contributed by atoms with Crippen LogP contribution in [0.25, 0.3) is 0 Å². The molecule has 3 heteroatoms. The minimum Gasteiger partial charge on any atom is -0.478 e. The Kier molecular flexibility index (Phi) is 3.48. The van der Waals surface area contributed by atoms with E-state index in [9.17, 15) is 15.0 Å². The van der Waals surface area contributed by atoms with Crippen molar-refractivity contribution >= 4 is 5.97 Å². The first-order chi connectivity index (χ1) is 8.19. The van der Waals surface area contributed by atoms with Crippen molar-refractivity contribution in [1.29, 1.82) is 0 Å². The molecule has 1 saturated carbocycles. The Morgan fingerprint density at radius 1 is 1.18 bits per heavy atom. The minimum absolute atomic E-state index is 0.0390. The van der Waals surface area contributed by atoms with Crippen molar-refractivity contribution in [3.05, 3.63) is 35.4 Å². The number of rotatable bonds is 3. The maximum atomic E-state index is 11.2. The van der Waals surface area contributed by atoms with Gasteiger partial charge in [-0.05, 0) is 24.5 Å². The van der Waals surface area contributed by atoms with Crippen LogP contribution in [0.4, 0.5) is 0 Å². The fourth-order valence-electron chi connectivity index (χ4n) is 2.87. The van der Waals surface area contributed by atoms with E-state index < -0.39 is 5.97 Å². The Labute approximate surface area is 101 Å². The van der Waals surface area contributed by atoms with E-state index in [4.69, 9.17) is 0 Å². The molecule has 1 aliphatic rings. The third-order valence-electron chi connectivity index (χ3n) is 3.84. The summed E-state index contributed by atoms with van der Waals surface area (Å²) in [7, 11) is 0. The molecule has 2 rings (SSSR count). The van der Waals surface area contributed by atoms with Gasteiger partial charge in [-0.25, -0.2) is 4.79 Å². The molecular weight excluding hydrogens is 216 g/mol. The standard InChI is InChI=1S/C14H18O3/c15-10-14(8-4-1-5-9-14)12-7-3-2-6-11(12)13(16)17/h2-3,6-7,15H,1,4-5,8-10H2,(H,16,17). The highest BCUT2D eigenvalue weighted by molar-refractivity contribution is 5.89. The van der Waals surface area contributed by atoms with Gasteiger partial charge in [0, 0.05) is 5.41 Å². The molecule has 92 valence electrons. The zero-order valence-electron chi connectivity index (χ0n) is 9.85. The second-order valence-corrected chi connectivity index (χ2v) is 4.85. The molecule has 2 N–H and O–H groups in total. The number of carboxylic acids is 1. The Morgan fingerprint density at radius 2 is 1.82 bits per heavy atom. The lowest BCUT2D eigenvalue weighted by molar-refractivity contribution is 0.0689. The lowest BCUT2D eigenvalue weighted by Gasteiger charge is -2.37. The van der Waals surface area contributed by atoms with E-state index in [1.54, 1.807) is 12.1 Å². The second kappa shape index (κ2) is 4.88. The topological polar surface area (TPSA) is 57.5 Å². The van der Waals surface area contributed by atoms with Crippen LogP contribution in [0.5, 0.6) is 0 Å². The lowest BCUT2D eigenvalue weighted by Crippen LogP contribution is -2.34. The van der Waals surface area contributed by atoms with Crippen LogP contribution in [0.2, 0.25) is 0 Å². The van der Waals surface area contributed by atoms with Crippen molar-refractivity contribution in [3.63, 3.8) is 0 Å². The van der Waals surface area contributed by atoms with Crippen molar-refractivity contribution in [1.82, 2.24) is 0 Å². The predicted molar refractivity (Wildman–Crippen MR) is 65.3 cm³/mol. The Morgan fingerprint density at radius 3 is 2.41 bits per heavy atom.